The van der Waals surface area contributed by atoms with E-state index in [2.05, 4.69) is 91.9 Å². The molecule has 154 valence electrons. The van der Waals surface area contributed by atoms with E-state index >= 15 is 0 Å². The largest absolute Gasteiger partial charge is 0.385 e. The average Bonchev–Trinajstić information content (AvgIpc) is 2.91. The van der Waals surface area contributed by atoms with Crippen molar-refractivity contribution >= 4 is 10.8 Å². The number of fused-ring (bicyclic) bond motifs is 3. The summed E-state index contributed by atoms with van der Waals surface area (Å²) < 4.78 is 0. The lowest BCUT2D eigenvalue weighted by Gasteiger charge is -2.44. The Hall–Kier alpha value is -2.90. The second-order valence-corrected chi connectivity index (χ2v) is 9.55. The molecule has 1 nitrogen and oxygen atoms in total. The normalized spacial score (nSPS) is 24.7. The van der Waals surface area contributed by atoms with Crippen molar-refractivity contribution in [1.29, 1.82) is 0 Å². The van der Waals surface area contributed by atoms with Crippen LogP contribution in [0.4, 0.5) is 0 Å². The minimum absolute atomic E-state index is 0.140. The van der Waals surface area contributed by atoms with Gasteiger partial charge in [0, 0.05) is 11.8 Å². The van der Waals surface area contributed by atoms with Crippen molar-refractivity contribution in [1.82, 2.24) is 0 Å². The molecule has 0 radical (unpaired) electrons. The number of rotatable bonds is 1. The zero-order valence-corrected chi connectivity index (χ0v) is 18.0. The van der Waals surface area contributed by atoms with Crippen LogP contribution >= 0.6 is 0 Å². The molecule has 6 rings (SSSR count). The molecule has 0 saturated carbocycles. The van der Waals surface area contributed by atoms with Gasteiger partial charge >= 0.3 is 0 Å². The van der Waals surface area contributed by atoms with Crippen molar-refractivity contribution < 1.29 is 5.11 Å². The van der Waals surface area contributed by atoms with Gasteiger partial charge in [-0.15, -0.1) is 0 Å². The fourth-order valence-corrected chi connectivity index (χ4v) is 6.42. The highest BCUT2D eigenvalue weighted by molar-refractivity contribution is 5.89. The van der Waals surface area contributed by atoms with Crippen LogP contribution in [0.15, 0.2) is 84.9 Å². The van der Waals surface area contributed by atoms with Crippen molar-refractivity contribution in [3.05, 3.63) is 118 Å². The lowest BCUT2D eigenvalue weighted by atomic mass is 9.64. The Morgan fingerprint density at radius 2 is 1.10 bits per heavy atom. The Balaban J connectivity index is 1.63. The standard InChI is InChI=1S/C30H28O/c1-20-8-2-5-15-28(20)30(31)26-16-22-9-3-4-10-23(22)17-27(30)19-25-14-7-12-21-11-6-13-24(18-26)29(21)25/h2-15,26-27,31H,16-19H2,1H3/t26-,27+,30?. The highest BCUT2D eigenvalue weighted by Gasteiger charge is 2.48. The molecule has 0 saturated heterocycles. The second kappa shape index (κ2) is 7.07. The monoisotopic (exact) mass is 404 g/mol. The van der Waals surface area contributed by atoms with E-state index in [1.807, 2.05) is 0 Å². The highest BCUT2D eigenvalue weighted by Crippen LogP contribution is 2.49. The Bertz CT molecular complexity index is 1210. The van der Waals surface area contributed by atoms with E-state index in [0.717, 1.165) is 31.2 Å². The minimum atomic E-state index is -0.861. The van der Waals surface area contributed by atoms with E-state index in [9.17, 15) is 5.11 Å². The molecule has 3 atom stereocenters. The van der Waals surface area contributed by atoms with Gasteiger partial charge in [0.25, 0.3) is 0 Å². The van der Waals surface area contributed by atoms with E-state index in [1.54, 1.807) is 0 Å². The zero-order chi connectivity index (χ0) is 21.0. The maximum absolute atomic E-state index is 12.7. The predicted octanol–water partition coefficient (Wildman–Crippen LogP) is 6.17. The van der Waals surface area contributed by atoms with Gasteiger partial charge in [-0.1, -0.05) is 84.9 Å². The smallest absolute Gasteiger partial charge is 0.0967 e. The first kappa shape index (κ1) is 18.8. The summed E-state index contributed by atoms with van der Waals surface area (Å²) in [4.78, 5) is 0. The summed E-state index contributed by atoms with van der Waals surface area (Å²) >= 11 is 0. The quantitative estimate of drug-likeness (QED) is 0.402. The molecule has 0 fully saturated rings. The predicted molar refractivity (Wildman–Crippen MR) is 127 cm³/mol. The number of hydrogen-bond donors (Lipinski definition) is 1. The van der Waals surface area contributed by atoms with Crippen LogP contribution in [0.5, 0.6) is 0 Å². The van der Waals surface area contributed by atoms with Crippen molar-refractivity contribution in [2.45, 2.75) is 38.2 Å². The van der Waals surface area contributed by atoms with Crippen molar-refractivity contribution in [2.24, 2.45) is 11.8 Å². The number of hydrogen-bond acceptors (Lipinski definition) is 1. The summed E-state index contributed by atoms with van der Waals surface area (Å²) in [6.07, 6.45) is 3.61. The molecule has 1 heteroatoms. The first-order valence-electron chi connectivity index (χ1n) is 11.5. The molecular formula is C30H28O. The van der Waals surface area contributed by atoms with Gasteiger partial charge < -0.3 is 5.11 Å². The lowest BCUT2D eigenvalue weighted by molar-refractivity contribution is -0.0754. The van der Waals surface area contributed by atoms with E-state index in [-0.39, 0.29) is 11.8 Å². The van der Waals surface area contributed by atoms with Crippen molar-refractivity contribution in [3.8, 4) is 0 Å². The summed E-state index contributed by atoms with van der Waals surface area (Å²) in [5.74, 6) is 0.280. The molecule has 4 aromatic rings. The third-order valence-corrected chi connectivity index (χ3v) is 7.88. The third kappa shape index (κ3) is 2.87. The molecule has 0 spiro atoms. The number of benzene rings is 4. The Labute approximate surface area is 184 Å². The summed E-state index contributed by atoms with van der Waals surface area (Å²) in [5, 5.41) is 15.5. The van der Waals surface area contributed by atoms with Crippen LogP contribution in [-0.4, -0.2) is 5.11 Å². The molecule has 2 aliphatic rings. The third-order valence-electron chi connectivity index (χ3n) is 7.88. The molecule has 0 heterocycles. The molecule has 1 unspecified atom stereocenters. The van der Waals surface area contributed by atoms with Crippen LogP contribution in [0.25, 0.3) is 10.8 Å². The molecule has 0 aromatic heterocycles. The lowest BCUT2D eigenvalue weighted by Crippen LogP contribution is -2.46. The van der Waals surface area contributed by atoms with Crippen LogP contribution < -0.4 is 0 Å². The maximum atomic E-state index is 12.7. The first-order valence-corrected chi connectivity index (χ1v) is 11.5. The van der Waals surface area contributed by atoms with E-state index in [4.69, 9.17) is 0 Å². The van der Waals surface area contributed by atoms with Crippen LogP contribution in [0, 0.1) is 18.8 Å². The molecular weight excluding hydrogens is 376 g/mol. The van der Waals surface area contributed by atoms with Gasteiger partial charge in [-0.3, -0.25) is 0 Å². The van der Waals surface area contributed by atoms with E-state index in [0.29, 0.717) is 0 Å². The summed E-state index contributed by atoms with van der Waals surface area (Å²) in [6, 6.07) is 30.7. The summed E-state index contributed by atoms with van der Waals surface area (Å²) in [6.45, 7) is 2.15. The van der Waals surface area contributed by atoms with Crippen LogP contribution in [0.3, 0.4) is 0 Å². The van der Waals surface area contributed by atoms with Crippen LogP contribution in [0.1, 0.15) is 33.4 Å². The topological polar surface area (TPSA) is 20.2 Å². The van der Waals surface area contributed by atoms with Crippen molar-refractivity contribution in [3.63, 3.8) is 0 Å². The molecule has 1 N–H and O–H groups in total. The summed E-state index contributed by atoms with van der Waals surface area (Å²) in [5.41, 5.74) is 7.01. The molecule has 2 aliphatic carbocycles. The highest BCUT2D eigenvalue weighted by atomic mass is 16.3. The Kier molecular flexibility index (Phi) is 4.30. The van der Waals surface area contributed by atoms with Gasteiger partial charge in [-0.05, 0) is 76.8 Å². The fraction of sp³-hybridized carbons (Fsp3) is 0.267. The number of aryl methyl sites for hydroxylation is 1. The Morgan fingerprint density at radius 1 is 0.613 bits per heavy atom. The first-order chi connectivity index (χ1) is 15.1. The van der Waals surface area contributed by atoms with Crippen LogP contribution in [0.2, 0.25) is 0 Å². The maximum Gasteiger partial charge on any atom is 0.0967 e. The minimum Gasteiger partial charge on any atom is -0.385 e. The Morgan fingerprint density at radius 3 is 1.68 bits per heavy atom. The van der Waals surface area contributed by atoms with Gasteiger partial charge in [0.15, 0.2) is 0 Å². The zero-order valence-electron chi connectivity index (χ0n) is 18.0. The fourth-order valence-electron chi connectivity index (χ4n) is 6.42. The van der Waals surface area contributed by atoms with Gasteiger partial charge in [-0.25, -0.2) is 0 Å². The molecule has 4 aromatic carbocycles. The van der Waals surface area contributed by atoms with E-state index < -0.39 is 5.60 Å². The molecule has 31 heavy (non-hydrogen) atoms. The SMILES string of the molecule is Cc1ccccc1C1(O)[C@@H]2Cc3ccccc3C[C@H]1Cc1cccc3cccc(c13)C2. The summed E-state index contributed by atoms with van der Waals surface area (Å²) in [7, 11) is 0. The van der Waals surface area contributed by atoms with E-state index in [1.165, 1.54) is 38.6 Å². The molecule has 0 aliphatic heterocycles. The van der Waals surface area contributed by atoms with Gasteiger partial charge in [0.1, 0.15) is 0 Å². The number of aliphatic hydroxyl groups is 1. The van der Waals surface area contributed by atoms with Crippen LogP contribution in [-0.2, 0) is 31.3 Å². The molecule has 2 bridgehead atoms. The second-order valence-electron chi connectivity index (χ2n) is 9.55. The van der Waals surface area contributed by atoms with Gasteiger partial charge in [0.05, 0.1) is 5.60 Å². The van der Waals surface area contributed by atoms with Gasteiger partial charge in [-0.2, -0.15) is 0 Å². The average molecular weight is 405 g/mol. The molecule has 0 amide bonds. The van der Waals surface area contributed by atoms with Crippen molar-refractivity contribution in [2.75, 3.05) is 0 Å². The van der Waals surface area contributed by atoms with Gasteiger partial charge in [0.2, 0.25) is 0 Å².